The topological polar surface area (TPSA) is 29.9 Å². The Morgan fingerprint density at radius 3 is 2.86 bits per heavy atom. The van der Waals surface area contributed by atoms with Crippen LogP contribution in [0.4, 0.5) is 19.1 Å². The van der Waals surface area contributed by atoms with E-state index in [1.807, 2.05) is 0 Å². The second-order valence-corrected chi connectivity index (χ2v) is 3.27. The molecule has 0 fully saturated rings. The van der Waals surface area contributed by atoms with Crippen molar-refractivity contribution in [3.8, 4) is 0 Å². The standard InChI is InChI=1S/C8H10F3N3/c9-8(10,11)6-5-14-4-2-1-3-12-7(14)13-6/h5H,1-4H2,(H,12,13). The van der Waals surface area contributed by atoms with Crippen molar-refractivity contribution in [2.45, 2.75) is 25.6 Å². The quantitative estimate of drug-likeness (QED) is 0.703. The molecule has 0 aromatic carbocycles. The second kappa shape index (κ2) is 3.18. The van der Waals surface area contributed by atoms with Crippen molar-refractivity contribution in [1.29, 1.82) is 0 Å². The minimum absolute atomic E-state index is 0.329. The Labute approximate surface area is 78.9 Å². The molecule has 6 heteroatoms. The second-order valence-electron chi connectivity index (χ2n) is 3.27. The molecule has 2 rings (SSSR count). The van der Waals surface area contributed by atoms with Gasteiger partial charge in [0.25, 0.3) is 0 Å². The highest BCUT2D eigenvalue weighted by atomic mass is 19.4. The minimum atomic E-state index is -4.35. The van der Waals surface area contributed by atoms with Crippen LogP contribution in [0.25, 0.3) is 0 Å². The molecule has 0 spiro atoms. The Bertz CT molecular complexity index is 306. The van der Waals surface area contributed by atoms with E-state index in [9.17, 15) is 13.2 Å². The Morgan fingerprint density at radius 1 is 1.36 bits per heavy atom. The zero-order chi connectivity index (χ0) is 10.2. The molecule has 0 radical (unpaired) electrons. The Morgan fingerprint density at radius 2 is 2.14 bits per heavy atom. The first-order valence-corrected chi connectivity index (χ1v) is 4.45. The molecular weight excluding hydrogens is 195 g/mol. The van der Waals surface area contributed by atoms with Gasteiger partial charge in [-0.15, -0.1) is 0 Å². The molecule has 0 aliphatic carbocycles. The molecule has 2 heterocycles. The highest BCUT2D eigenvalue weighted by Crippen LogP contribution is 2.30. The van der Waals surface area contributed by atoms with Crippen LogP contribution in [0.15, 0.2) is 6.20 Å². The monoisotopic (exact) mass is 205 g/mol. The molecule has 0 saturated carbocycles. The molecule has 0 atom stereocenters. The molecule has 0 saturated heterocycles. The number of imidazole rings is 1. The third-order valence-corrected chi connectivity index (χ3v) is 2.18. The summed E-state index contributed by atoms with van der Waals surface area (Å²) >= 11 is 0. The molecule has 1 N–H and O–H groups in total. The van der Waals surface area contributed by atoms with Gasteiger partial charge in [-0.1, -0.05) is 0 Å². The third kappa shape index (κ3) is 1.69. The number of aromatic nitrogens is 2. The highest BCUT2D eigenvalue weighted by molar-refractivity contribution is 5.30. The summed E-state index contributed by atoms with van der Waals surface area (Å²) in [5, 5.41) is 2.87. The predicted molar refractivity (Wildman–Crippen MR) is 45.0 cm³/mol. The van der Waals surface area contributed by atoms with Crippen LogP contribution in [0.3, 0.4) is 0 Å². The molecule has 78 valence electrons. The van der Waals surface area contributed by atoms with Gasteiger partial charge in [0.1, 0.15) is 0 Å². The normalized spacial score (nSPS) is 17.1. The van der Waals surface area contributed by atoms with E-state index in [1.54, 1.807) is 0 Å². The van der Waals surface area contributed by atoms with E-state index in [0.29, 0.717) is 19.0 Å². The van der Waals surface area contributed by atoms with Crippen molar-refractivity contribution in [2.75, 3.05) is 11.9 Å². The molecular formula is C8H10F3N3. The number of hydrogen-bond donors (Lipinski definition) is 1. The van der Waals surface area contributed by atoms with E-state index in [-0.39, 0.29) is 0 Å². The average molecular weight is 205 g/mol. The molecule has 0 bridgehead atoms. The highest BCUT2D eigenvalue weighted by Gasteiger charge is 2.34. The Balaban J connectivity index is 2.31. The fourth-order valence-corrected chi connectivity index (χ4v) is 1.47. The van der Waals surface area contributed by atoms with Gasteiger partial charge < -0.3 is 9.88 Å². The molecule has 1 aromatic rings. The average Bonchev–Trinajstić information content (AvgIpc) is 2.38. The fourth-order valence-electron chi connectivity index (χ4n) is 1.47. The van der Waals surface area contributed by atoms with Gasteiger partial charge in [-0.3, -0.25) is 0 Å². The summed E-state index contributed by atoms with van der Waals surface area (Å²) in [5.74, 6) is 0.329. The van der Waals surface area contributed by atoms with E-state index in [0.717, 1.165) is 19.0 Å². The molecule has 0 unspecified atom stereocenters. The van der Waals surface area contributed by atoms with Gasteiger partial charge in [-0.05, 0) is 12.8 Å². The largest absolute Gasteiger partial charge is 0.434 e. The first kappa shape index (κ1) is 9.36. The maximum absolute atomic E-state index is 12.3. The molecule has 1 aliphatic heterocycles. The SMILES string of the molecule is FC(F)(F)c1cn2c(n1)NCCCC2. The first-order valence-electron chi connectivity index (χ1n) is 4.45. The van der Waals surface area contributed by atoms with Crippen LogP contribution >= 0.6 is 0 Å². The van der Waals surface area contributed by atoms with Crippen molar-refractivity contribution in [1.82, 2.24) is 9.55 Å². The van der Waals surface area contributed by atoms with E-state index >= 15 is 0 Å². The third-order valence-electron chi connectivity index (χ3n) is 2.18. The van der Waals surface area contributed by atoms with Crippen LogP contribution in [0, 0.1) is 0 Å². The lowest BCUT2D eigenvalue weighted by Gasteiger charge is -2.00. The van der Waals surface area contributed by atoms with Crippen LogP contribution in [-0.4, -0.2) is 16.1 Å². The number of nitrogens with one attached hydrogen (secondary N) is 1. The molecule has 14 heavy (non-hydrogen) atoms. The van der Waals surface area contributed by atoms with Crippen LogP contribution in [-0.2, 0) is 12.7 Å². The van der Waals surface area contributed by atoms with Gasteiger partial charge in [0, 0.05) is 19.3 Å². The summed E-state index contributed by atoms with van der Waals surface area (Å²) in [6, 6.07) is 0. The van der Waals surface area contributed by atoms with Crippen molar-refractivity contribution < 1.29 is 13.2 Å². The zero-order valence-electron chi connectivity index (χ0n) is 7.43. The predicted octanol–water partition coefficient (Wildman–Crippen LogP) is 2.11. The van der Waals surface area contributed by atoms with E-state index in [2.05, 4.69) is 10.3 Å². The number of halogens is 3. The number of hydrogen-bond acceptors (Lipinski definition) is 2. The van der Waals surface area contributed by atoms with Gasteiger partial charge in [-0.25, -0.2) is 4.98 Å². The van der Waals surface area contributed by atoms with Gasteiger partial charge >= 0.3 is 6.18 Å². The fraction of sp³-hybridized carbons (Fsp3) is 0.625. The number of rotatable bonds is 0. The lowest BCUT2D eigenvalue weighted by Crippen LogP contribution is -2.06. The number of aryl methyl sites for hydroxylation is 1. The zero-order valence-corrected chi connectivity index (χ0v) is 7.43. The molecule has 0 amide bonds. The van der Waals surface area contributed by atoms with Crippen LogP contribution in [0.1, 0.15) is 18.5 Å². The Hall–Kier alpha value is -1.20. The minimum Gasteiger partial charge on any atom is -0.356 e. The van der Waals surface area contributed by atoms with E-state index in [4.69, 9.17) is 0 Å². The molecule has 3 nitrogen and oxygen atoms in total. The van der Waals surface area contributed by atoms with Crippen molar-refractivity contribution in [3.63, 3.8) is 0 Å². The van der Waals surface area contributed by atoms with Crippen LogP contribution in [0.2, 0.25) is 0 Å². The number of alkyl halides is 3. The lowest BCUT2D eigenvalue weighted by molar-refractivity contribution is -0.140. The first-order chi connectivity index (χ1) is 6.57. The lowest BCUT2D eigenvalue weighted by atomic mass is 10.3. The van der Waals surface area contributed by atoms with Crippen molar-refractivity contribution in [3.05, 3.63) is 11.9 Å². The van der Waals surface area contributed by atoms with Gasteiger partial charge in [0.15, 0.2) is 5.69 Å². The maximum Gasteiger partial charge on any atom is 0.434 e. The Kier molecular flexibility index (Phi) is 2.13. The van der Waals surface area contributed by atoms with Crippen molar-refractivity contribution >= 4 is 5.95 Å². The van der Waals surface area contributed by atoms with E-state index < -0.39 is 11.9 Å². The van der Waals surface area contributed by atoms with Gasteiger partial charge in [-0.2, -0.15) is 13.2 Å². The maximum atomic E-state index is 12.3. The smallest absolute Gasteiger partial charge is 0.356 e. The van der Waals surface area contributed by atoms with Crippen LogP contribution in [0.5, 0.6) is 0 Å². The summed E-state index contributed by atoms with van der Waals surface area (Å²) in [5.41, 5.74) is -0.818. The summed E-state index contributed by atoms with van der Waals surface area (Å²) in [6.45, 7) is 1.29. The summed E-state index contributed by atoms with van der Waals surface area (Å²) < 4.78 is 38.3. The van der Waals surface area contributed by atoms with Gasteiger partial charge in [0.2, 0.25) is 5.95 Å². The summed E-state index contributed by atoms with van der Waals surface area (Å²) in [4.78, 5) is 3.51. The number of nitrogens with zero attached hydrogens (tertiary/aromatic N) is 2. The van der Waals surface area contributed by atoms with Gasteiger partial charge in [0.05, 0.1) is 0 Å². The van der Waals surface area contributed by atoms with E-state index in [1.165, 1.54) is 4.57 Å². The molecule has 1 aliphatic rings. The van der Waals surface area contributed by atoms with Crippen LogP contribution < -0.4 is 5.32 Å². The summed E-state index contributed by atoms with van der Waals surface area (Å²) in [7, 11) is 0. The molecule has 1 aromatic heterocycles. The summed E-state index contributed by atoms with van der Waals surface area (Å²) in [6.07, 6.45) is -1.44. The number of fused-ring (bicyclic) bond motifs is 1. The number of anilines is 1. The van der Waals surface area contributed by atoms with Crippen molar-refractivity contribution in [2.24, 2.45) is 0 Å².